The molecule has 0 saturated heterocycles. The fourth-order valence-electron chi connectivity index (χ4n) is 1.19. The van der Waals surface area contributed by atoms with E-state index in [1.807, 2.05) is 24.3 Å². The van der Waals surface area contributed by atoms with E-state index in [9.17, 15) is 0 Å². The van der Waals surface area contributed by atoms with E-state index in [2.05, 4.69) is 17.0 Å². The lowest BCUT2D eigenvalue weighted by atomic mass is 10.1. The Balaban J connectivity index is 2.27. The van der Waals surface area contributed by atoms with Crippen LogP contribution in [0.15, 0.2) is 29.4 Å². The second kappa shape index (κ2) is 3.97. The van der Waals surface area contributed by atoms with E-state index < -0.39 is 0 Å². The van der Waals surface area contributed by atoms with Gasteiger partial charge in [-0.1, -0.05) is 35.2 Å². The van der Waals surface area contributed by atoms with Crippen LogP contribution < -0.4 is 0 Å². The van der Waals surface area contributed by atoms with Crippen molar-refractivity contribution in [1.29, 1.82) is 0 Å². The lowest BCUT2D eigenvalue weighted by Crippen LogP contribution is -1.86. The van der Waals surface area contributed by atoms with Crippen LogP contribution in [-0.2, 0) is 0 Å². The highest BCUT2D eigenvalue weighted by Crippen LogP contribution is 2.27. The lowest BCUT2D eigenvalue weighted by molar-refractivity contribution is 0.322. The second-order valence-electron chi connectivity index (χ2n) is 3.38. The monoisotopic (exact) mass is 185 g/mol. The van der Waals surface area contributed by atoms with Gasteiger partial charge >= 0.3 is 0 Å². The molecular formula is C12H11NO. The summed E-state index contributed by atoms with van der Waals surface area (Å²) in [6.45, 7) is 0. The van der Waals surface area contributed by atoms with Crippen LogP contribution in [0.25, 0.3) is 0 Å². The Morgan fingerprint density at radius 1 is 1.36 bits per heavy atom. The zero-order valence-electron chi connectivity index (χ0n) is 7.77. The van der Waals surface area contributed by atoms with Gasteiger partial charge in [0.1, 0.15) is 0 Å². The summed E-state index contributed by atoms with van der Waals surface area (Å²) in [5.41, 5.74) is 1.79. The molecule has 0 aliphatic heterocycles. The molecule has 1 aliphatic rings. The van der Waals surface area contributed by atoms with Gasteiger partial charge in [-0.3, -0.25) is 0 Å². The molecule has 0 amide bonds. The minimum absolute atomic E-state index is 0.592. The van der Waals surface area contributed by atoms with Gasteiger partial charge in [-0.2, -0.15) is 0 Å². The summed E-state index contributed by atoms with van der Waals surface area (Å²) in [4.78, 5) is 0. The Morgan fingerprint density at radius 2 is 2.14 bits per heavy atom. The number of nitrogens with zero attached hydrogens (tertiary/aromatic N) is 1. The lowest BCUT2D eigenvalue weighted by Gasteiger charge is -1.95. The molecule has 0 aromatic heterocycles. The first-order valence-electron chi connectivity index (χ1n) is 4.68. The van der Waals surface area contributed by atoms with Gasteiger partial charge in [0.25, 0.3) is 0 Å². The van der Waals surface area contributed by atoms with E-state index in [1.54, 1.807) is 0 Å². The summed E-state index contributed by atoms with van der Waals surface area (Å²) in [6.07, 6.45) is 3.86. The van der Waals surface area contributed by atoms with Crippen LogP contribution in [-0.4, -0.2) is 11.4 Å². The molecule has 2 heteroatoms. The fourth-order valence-corrected chi connectivity index (χ4v) is 1.19. The van der Waals surface area contributed by atoms with Gasteiger partial charge in [-0.05, 0) is 18.9 Å². The normalized spacial score (nSPS) is 15.1. The van der Waals surface area contributed by atoms with Crippen LogP contribution in [0.1, 0.15) is 24.0 Å². The molecule has 0 unspecified atom stereocenters. The maximum atomic E-state index is 8.46. The highest BCUT2D eigenvalue weighted by atomic mass is 16.4. The quantitative estimate of drug-likeness (QED) is 0.309. The molecule has 1 fully saturated rings. The molecule has 1 aliphatic carbocycles. The molecule has 1 aromatic rings. The fraction of sp³-hybridized carbons (Fsp3) is 0.250. The first kappa shape index (κ1) is 8.83. The summed E-state index contributed by atoms with van der Waals surface area (Å²) in [7, 11) is 0. The Morgan fingerprint density at radius 3 is 2.86 bits per heavy atom. The largest absolute Gasteiger partial charge is 0.411 e. The van der Waals surface area contributed by atoms with Gasteiger partial charge in [-0.15, -0.1) is 0 Å². The van der Waals surface area contributed by atoms with Gasteiger partial charge in [0.05, 0.1) is 6.21 Å². The van der Waals surface area contributed by atoms with Crippen molar-refractivity contribution in [2.45, 2.75) is 12.8 Å². The highest BCUT2D eigenvalue weighted by molar-refractivity contribution is 5.83. The van der Waals surface area contributed by atoms with E-state index in [0.717, 1.165) is 11.1 Å². The van der Waals surface area contributed by atoms with E-state index in [4.69, 9.17) is 5.21 Å². The molecule has 0 radical (unpaired) electrons. The van der Waals surface area contributed by atoms with Gasteiger partial charge in [0.15, 0.2) is 0 Å². The number of hydrogen-bond acceptors (Lipinski definition) is 2. The summed E-state index contributed by atoms with van der Waals surface area (Å²) in [5.74, 6) is 6.88. The Hall–Kier alpha value is -1.75. The number of hydrogen-bond donors (Lipinski definition) is 1. The van der Waals surface area contributed by atoms with E-state index in [0.29, 0.717) is 5.92 Å². The minimum Gasteiger partial charge on any atom is -0.411 e. The minimum atomic E-state index is 0.592. The number of oxime groups is 1. The third-order valence-corrected chi connectivity index (χ3v) is 2.15. The first-order valence-corrected chi connectivity index (χ1v) is 4.68. The van der Waals surface area contributed by atoms with Crippen molar-refractivity contribution in [2.75, 3.05) is 0 Å². The highest BCUT2D eigenvalue weighted by Gasteiger charge is 2.17. The molecule has 2 rings (SSSR count). The zero-order valence-corrected chi connectivity index (χ0v) is 7.77. The van der Waals surface area contributed by atoms with Crippen molar-refractivity contribution in [3.8, 4) is 11.8 Å². The molecule has 70 valence electrons. The molecule has 0 atom stereocenters. The molecule has 0 spiro atoms. The van der Waals surface area contributed by atoms with Gasteiger partial charge in [0, 0.05) is 17.0 Å². The molecule has 2 nitrogen and oxygen atoms in total. The van der Waals surface area contributed by atoms with Crippen molar-refractivity contribution in [3.05, 3.63) is 35.4 Å². The number of rotatable bonds is 1. The van der Waals surface area contributed by atoms with Crippen LogP contribution in [0.2, 0.25) is 0 Å². The molecule has 0 bridgehead atoms. The summed E-state index contributed by atoms with van der Waals surface area (Å²) < 4.78 is 0. The molecular weight excluding hydrogens is 174 g/mol. The predicted molar refractivity (Wildman–Crippen MR) is 55.4 cm³/mol. The Kier molecular flexibility index (Phi) is 2.51. The molecule has 1 saturated carbocycles. The van der Waals surface area contributed by atoms with E-state index >= 15 is 0 Å². The third-order valence-electron chi connectivity index (χ3n) is 2.15. The molecule has 1 N–H and O–H groups in total. The first-order chi connectivity index (χ1) is 6.90. The Labute approximate surface area is 83.3 Å². The van der Waals surface area contributed by atoms with Gasteiger partial charge in [0.2, 0.25) is 0 Å². The van der Waals surface area contributed by atoms with Crippen molar-refractivity contribution in [2.24, 2.45) is 11.1 Å². The smallest absolute Gasteiger partial charge is 0.0746 e. The van der Waals surface area contributed by atoms with E-state index in [-0.39, 0.29) is 0 Å². The molecule has 1 aromatic carbocycles. The van der Waals surface area contributed by atoms with Crippen molar-refractivity contribution in [1.82, 2.24) is 0 Å². The standard InChI is InChI=1S/C12H11NO/c14-13-9-12-4-2-1-3-11(12)8-7-10-5-6-10/h1-4,9-10,14H,5-6H2/b13-9+. The Bertz CT molecular complexity index is 408. The zero-order chi connectivity index (χ0) is 9.80. The third kappa shape index (κ3) is 2.14. The SMILES string of the molecule is O/N=C/c1ccccc1C#CC1CC1. The predicted octanol–water partition coefficient (Wildman–Crippen LogP) is 2.26. The number of benzene rings is 1. The maximum Gasteiger partial charge on any atom is 0.0746 e. The van der Waals surface area contributed by atoms with Crippen molar-refractivity contribution in [3.63, 3.8) is 0 Å². The summed E-state index contributed by atoms with van der Waals surface area (Å²) >= 11 is 0. The maximum absolute atomic E-state index is 8.46. The summed E-state index contributed by atoms with van der Waals surface area (Å²) in [6, 6.07) is 7.66. The van der Waals surface area contributed by atoms with Gasteiger partial charge in [-0.25, -0.2) is 0 Å². The van der Waals surface area contributed by atoms with Crippen LogP contribution in [0.3, 0.4) is 0 Å². The van der Waals surface area contributed by atoms with Crippen LogP contribution in [0.4, 0.5) is 0 Å². The topological polar surface area (TPSA) is 32.6 Å². The van der Waals surface area contributed by atoms with Gasteiger partial charge < -0.3 is 5.21 Å². The average Bonchev–Trinajstić information content (AvgIpc) is 3.01. The van der Waals surface area contributed by atoms with E-state index in [1.165, 1.54) is 19.1 Å². The van der Waals surface area contributed by atoms with Crippen molar-refractivity contribution < 1.29 is 5.21 Å². The second-order valence-corrected chi connectivity index (χ2v) is 3.38. The molecule has 0 heterocycles. The van der Waals surface area contributed by atoms with Crippen LogP contribution in [0.5, 0.6) is 0 Å². The van der Waals surface area contributed by atoms with Crippen LogP contribution >= 0.6 is 0 Å². The summed E-state index contributed by atoms with van der Waals surface area (Å²) in [5, 5.41) is 11.5. The van der Waals surface area contributed by atoms with Crippen molar-refractivity contribution >= 4 is 6.21 Å². The molecule has 14 heavy (non-hydrogen) atoms. The average molecular weight is 185 g/mol. The van der Waals surface area contributed by atoms with Crippen LogP contribution in [0, 0.1) is 17.8 Å².